The highest BCUT2D eigenvalue weighted by atomic mass is 32.1. The molecule has 0 bridgehead atoms. The molecule has 1 aromatic carbocycles. The minimum absolute atomic E-state index is 0.0426. The highest BCUT2D eigenvalue weighted by molar-refractivity contribution is 7.13. The minimum Gasteiger partial charge on any atom is -0.335 e. The van der Waals surface area contributed by atoms with Gasteiger partial charge in [0.25, 0.3) is 0 Å². The van der Waals surface area contributed by atoms with Crippen LogP contribution in [0.3, 0.4) is 0 Å². The van der Waals surface area contributed by atoms with E-state index >= 15 is 0 Å². The zero-order valence-electron chi connectivity index (χ0n) is 16.1. The lowest BCUT2D eigenvalue weighted by Crippen LogP contribution is -2.39. The van der Waals surface area contributed by atoms with Gasteiger partial charge in [0.05, 0.1) is 12.1 Å². The van der Waals surface area contributed by atoms with Crippen LogP contribution in [0.5, 0.6) is 0 Å². The van der Waals surface area contributed by atoms with Crippen molar-refractivity contribution in [1.82, 2.24) is 10.3 Å². The lowest BCUT2D eigenvalue weighted by Gasteiger charge is -2.22. The van der Waals surface area contributed by atoms with Gasteiger partial charge in [-0.1, -0.05) is 37.5 Å². The van der Waals surface area contributed by atoms with Crippen LogP contribution < -0.4 is 15.5 Å². The van der Waals surface area contributed by atoms with E-state index in [1.807, 2.05) is 28.5 Å². The highest BCUT2D eigenvalue weighted by Gasteiger charge is 2.30. The van der Waals surface area contributed by atoms with Gasteiger partial charge in [0.2, 0.25) is 5.91 Å². The van der Waals surface area contributed by atoms with Crippen LogP contribution in [0.1, 0.15) is 50.3 Å². The van der Waals surface area contributed by atoms with E-state index in [1.54, 1.807) is 0 Å². The van der Waals surface area contributed by atoms with Crippen LogP contribution in [0.25, 0.3) is 0 Å². The second-order valence-electron chi connectivity index (χ2n) is 7.70. The normalized spacial score (nSPS) is 19.3. The van der Waals surface area contributed by atoms with Crippen LogP contribution in [0, 0.1) is 0 Å². The fraction of sp³-hybridized carbons (Fsp3) is 0.476. The van der Waals surface area contributed by atoms with E-state index in [1.165, 1.54) is 36.2 Å². The number of benzene rings is 1. The molecule has 2 N–H and O–H groups in total. The Labute approximate surface area is 169 Å². The molecular formula is C21H26N4O2S. The number of fused-ring (bicyclic) bond motifs is 1. The van der Waals surface area contributed by atoms with Gasteiger partial charge in [-0.3, -0.25) is 10.1 Å². The van der Waals surface area contributed by atoms with Crippen LogP contribution in [-0.2, 0) is 17.6 Å². The Hall–Kier alpha value is -2.41. The van der Waals surface area contributed by atoms with Crippen LogP contribution in [-0.4, -0.2) is 29.0 Å². The maximum atomic E-state index is 12.9. The van der Waals surface area contributed by atoms with E-state index in [9.17, 15) is 9.59 Å². The van der Waals surface area contributed by atoms with Crippen molar-refractivity contribution in [2.75, 3.05) is 10.2 Å². The van der Waals surface area contributed by atoms with Gasteiger partial charge in [-0.2, -0.15) is 0 Å². The Kier molecular flexibility index (Phi) is 5.62. The van der Waals surface area contributed by atoms with E-state index < -0.39 is 0 Å². The third-order valence-electron chi connectivity index (χ3n) is 5.52. The van der Waals surface area contributed by atoms with Crippen molar-refractivity contribution >= 4 is 34.1 Å². The van der Waals surface area contributed by atoms with Crippen LogP contribution in [0.15, 0.2) is 29.6 Å². The first-order chi connectivity index (χ1) is 13.6. The number of urea groups is 1. The predicted molar refractivity (Wildman–Crippen MR) is 112 cm³/mol. The number of carbonyl (C=O) groups is 2. The average Bonchev–Trinajstić information content (AvgIpc) is 3.25. The molecule has 1 aliphatic carbocycles. The summed E-state index contributed by atoms with van der Waals surface area (Å²) in [6, 6.07) is 8.26. The van der Waals surface area contributed by atoms with Crippen molar-refractivity contribution in [2.24, 2.45) is 0 Å². The number of hydrogen-bond donors (Lipinski definition) is 2. The SMILES string of the molecule is CC1Cc2ccccc2N1C(=O)Cc1csc(NC(=O)NC2CCCCC2)n1. The van der Waals surface area contributed by atoms with E-state index in [4.69, 9.17) is 0 Å². The first-order valence-electron chi connectivity index (χ1n) is 10.0. The summed E-state index contributed by atoms with van der Waals surface area (Å²) in [6.07, 6.45) is 6.80. The zero-order valence-corrected chi connectivity index (χ0v) is 16.9. The third kappa shape index (κ3) is 4.19. The molecule has 0 spiro atoms. The first kappa shape index (κ1) is 18.9. The maximum Gasteiger partial charge on any atom is 0.321 e. The van der Waals surface area contributed by atoms with Gasteiger partial charge in [0, 0.05) is 23.2 Å². The minimum atomic E-state index is -0.207. The van der Waals surface area contributed by atoms with Crippen LogP contribution in [0.4, 0.5) is 15.6 Å². The van der Waals surface area contributed by atoms with Crippen molar-refractivity contribution in [3.05, 3.63) is 40.9 Å². The number of nitrogens with one attached hydrogen (secondary N) is 2. The largest absolute Gasteiger partial charge is 0.335 e. The quantitative estimate of drug-likeness (QED) is 0.814. The summed E-state index contributed by atoms with van der Waals surface area (Å²) in [5, 5.41) is 8.21. The fourth-order valence-corrected chi connectivity index (χ4v) is 4.90. The molecule has 1 unspecified atom stereocenters. The summed E-state index contributed by atoms with van der Waals surface area (Å²) in [5.74, 6) is 0.0426. The molecule has 7 heteroatoms. The van der Waals surface area contributed by atoms with Crippen molar-refractivity contribution in [3.8, 4) is 0 Å². The van der Waals surface area contributed by atoms with E-state index in [2.05, 4.69) is 28.6 Å². The molecule has 4 rings (SSSR count). The Bertz CT molecular complexity index is 860. The average molecular weight is 399 g/mol. The molecule has 1 aliphatic heterocycles. The van der Waals surface area contributed by atoms with Gasteiger partial charge in [-0.15, -0.1) is 11.3 Å². The van der Waals surface area contributed by atoms with E-state index in [0.29, 0.717) is 10.8 Å². The number of amides is 3. The molecule has 1 fully saturated rings. The van der Waals surface area contributed by atoms with Gasteiger partial charge in [-0.25, -0.2) is 9.78 Å². The van der Waals surface area contributed by atoms with Crippen LogP contribution >= 0.6 is 11.3 Å². The molecule has 3 amide bonds. The number of aromatic nitrogens is 1. The van der Waals surface area contributed by atoms with E-state index in [-0.39, 0.29) is 30.4 Å². The fourth-order valence-electron chi connectivity index (χ4n) is 4.20. The Morgan fingerprint density at radius 1 is 1.21 bits per heavy atom. The summed E-state index contributed by atoms with van der Waals surface area (Å²) in [4.78, 5) is 31.4. The molecule has 1 aromatic heterocycles. The number of hydrogen-bond acceptors (Lipinski definition) is 4. The number of nitrogens with zero attached hydrogens (tertiary/aromatic N) is 2. The van der Waals surface area contributed by atoms with Crippen molar-refractivity contribution in [3.63, 3.8) is 0 Å². The highest BCUT2D eigenvalue weighted by Crippen LogP contribution is 2.32. The van der Waals surface area contributed by atoms with Gasteiger partial charge < -0.3 is 10.2 Å². The van der Waals surface area contributed by atoms with Crippen molar-refractivity contribution in [1.29, 1.82) is 0 Å². The standard InChI is InChI=1S/C21H26N4O2S/c1-14-11-15-7-5-6-10-18(15)25(14)19(26)12-17-13-28-21(23-17)24-20(27)22-16-8-3-2-4-9-16/h5-7,10,13-14,16H,2-4,8-9,11-12H2,1H3,(H2,22,23,24,27). The summed E-state index contributed by atoms with van der Waals surface area (Å²) in [5.41, 5.74) is 2.91. The van der Waals surface area contributed by atoms with Gasteiger partial charge in [-0.05, 0) is 37.8 Å². The predicted octanol–water partition coefficient (Wildman–Crippen LogP) is 4.12. The maximum absolute atomic E-state index is 12.9. The molecular weight excluding hydrogens is 372 g/mol. The first-order valence-corrected chi connectivity index (χ1v) is 10.9. The van der Waals surface area contributed by atoms with Gasteiger partial charge in [0.1, 0.15) is 0 Å². The molecule has 1 atom stereocenters. The zero-order chi connectivity index (χ0) is 19.5. The molecule has 2 aliphatic rings. The molecule has 28 heavy (non-hydrogen) atoms. The summed E-state index contributed by atoms with van der Waals surface area (Å²) >= 11 is 1.36. The Morgan fingerprint density at radius 3 is 2.82 bits per heavy atom. The van der Waals surface area contributed by atoms with Crippen molar-refractivity contribution in [2.45, 2.75) is 64.0 Å². The second-order valence-corrected chi connectivity index (χ2v) is 8.56. The summed E-state index contributed by atoms with van der Waals surface area (Å²) in [6.45, 7) is 2.07. The van der Waals surface area contributed by atoms with Gasteiger partial charge in [0.15, 0.2) is 5.13 Å². The second kappa shape index (κ2) is 8.31. The third-order valence-corrected chi connectivity index (χ3v) is 6.33. The van der Waals surface area contributed by atoms with E-state index in [0.717, 1.165) is 24.9 Å². The Balaban J connectivity index is 1.34. The molecule has 6 nitrogen and oxygen atoms in total. The number of carbonyl (C=O) groups excluding carboxylic acids is 2. The molecule has 0 saturated heterocycles. The number of para-hydroxylation sites is 1. The summed E-state index contributed by atoms with van der Waals surface area (Å²) < 4.78 is 0. The van der Waals surface area contributed by atoms with Crippen LogP contribution in [0.2, 0.25) is 0 Å². The molecule has 1 saturated carbocycles. The summed E-state index contributed by atoms with van der Waals surface area (Å²) in [7, 11) is 0. The number of thiazole rings is 1. The molecule has 0 radical (unpaired) electrons. The monoisotopic (exact) mass is 398 g/mol. The van der Waals surface area contributed by atoms with Crippen molar-refractivity contribution < 1.29 is 9.59 Å². The number of anilines is 2. The molecule has 148 valence electrons. The lowest BCUT2D eigenvalue weighted by atomic mass is 9.96. The molecule has 2 heterocycles. The molecule has 2 aromatic rings. The smallest absolute Gasteiger partial charge is 0.321 e. The topological polar surface area (TPSA) is 74.3 Å². The Morgan fingerprint density at radius 2 is 2.00 bits per heavy atom. The number of rotatable bonds is 4. The van der Waals surface area contributed by atoms with Gasteiger partial charge >= 0.3 is 6.03 Å². The lowest BCUT2D eigenvalue weighted by molar-refractivity contribution is -0.118.